The second-order valence-corrected chi connectivity index (χ2v) is 9.11. The number of fused-ring (bicyclic) bond motifs is 1. The Morgan fingerprint density at radius 1 is 1.00 bits per heavy atom. The molecule has 1 aromatic heterocycles. The van der Waals surface area contributed by atoms with E-state index in [9.17, 15) is 18.4 Å². The van der Waals surface area contributed by atoms with Gasteiger partial charge in [0.2, 0.25) is 5.95 Å². The van der Waals surface area contributed by atoms with Crippen LogP contribution < -0.4 is 4.74 Å². The van der Waals surface area contributed by atoms with Gasteiger partial charge >= 0.3 is 12.2 Å². The molecule has 3 rings (SSSR count). The van der Waals surface area contributed by atoms with Crippen molar-refractivity contribution in [3.8, 4) is 5.75 Å². The molecule has 1 aromatic carbocycles. The third-order valence-electron chi connectivity index (χ3n) is 4.05. The average Bonchev–Trinajstić information content (AvgIpc) is 2.83. The highest BCUT2D eigenvalue weighted by atomic mass is 19.1. The molecule has 8 nitrogen and oxygen atoms in total. The van der Waals surface area contributed by atoms with E-state index in [1.165, 1.54) is 11.0 Å². The first-order valence-electron chi connectivity index (χ1n) is 9.49. The number of likely N-dealkylation sites (tertiary alicyclic amines) is 1. The van der Waals surface area contributed by atoms with Crippen LogP contribution in [-0.4, -0.2) is 57.3 Å². The van der Waals surface area contributed by atoms with Crippen LogP contribution in [0, 0.1) is 11.8 Å². The Kier molecular flexibility index (Phi) is 5.38. The molecule has 0 radical (unpaired) electrons. The number of halogens is 2. The highest BCUT2D eigenvalue weighted by Crippen LogP contribution is 2.29. The van der Waals surface area contributed by atoms with E-state index in [4.69, 9.17) is 14.2 Å². The molecule has 0 saturated carbocycles. The molecule has 2 aromatic rings. The topological polar surface area (TPSA) is 82.9 Å². The summed E-state index contributed by atoms with van der Waals surface area (Å²) < 4.78 is 45.4. The Hall–Kier alpha value is -2.91. The van der Waals surface area contributed by atoms with Gasteiger partial charge in [0.1, 0.15) is 17.3 Å². The van der Waals surface area contributed by atoms with Crippen molar-refractivity contribution in [1.82, 2.24) is 14.7 Å². The number of nitrogens with zero attached hydrogens (tertiary/aromatic N) is 3. The van der Waals surface area contributed by atoms with Crippen LogP contribution in [0.3, 0.4) is 0 Å². The zero-order valence-electron chi connectivity index (χ0n) is 17.8. The van der Waals surface area contributed by atoms with Gasteiger partial charge in [-0.25, -0.2) is 14.0 Å². The molecule has 1 fully saturated rings. The number of hydrogen-bond acceptors (Lipinski definition) is 6. The number of amides is 1. The summed E-state index contributed by atoms with van der Waals surface area (Å²) in [5.41, 5.74) is -1.42. The molecule has 10 heteroatoms. The van der Waals surface area contributed by atoms with Crippen LogP contribution in [0.5, 0.6) is 5.75 Å². The first-order valence-corrected chi connectivity index (χ1v) is 9.49. The van der Waals surface area contributed by atoms with Crippen molar-refractivity contribution in [2.24, 2.45) is 0 Å². The first-order chi connectivity index (χ1) is 13.7. The minimum atomic E-state index is -0.999. The van der Waals surface area contributed by atoms with Crippen LogP contribution in [-0.2, 0) is 9.47 Å². The normalized spacial score (nSPS) is 15.1. The van der Waals surface area contributed by atoms with Crippen molar-refractivity contribution in [2.45, 2.75) is 58.8 Å². The molecule has 0 spiro atoms. The summed E-state index contributed by atoms with van der Waals surface area (Å²) >= 11 is 0. The number of carbonyl (C=O) groups excluding carboxylic acids is 2. The van der Waals surface area contributed by atoms with E-state index < -0.39 is 41.3 Å². The van der Waals surface area contributed by atoms with E-state index in [0.29, 0.717) is 0 Å². The van der Waals surface area contributed by atoms with E-state index in [0.717, 1.165) is 10.7 Å². The highest BCUT2D eigenvalue weighted by Gasteiger charge is 2.36. The van der Waals surface area contributed by atoms with Crippen molar-refractivity contribution in [1.29, 1.82) is 0 Å². The second kappa shape index (κ2) is 7.41. The maximum Gasteiger partial charge on any atom is 0.435 e. The fourth-order valence-electron chi connectivity index (χ4n) is 2.78. The Labute approximate surface area is 172 Å². The second-order valence-electron chi connectivity index (χ2n) is 9.11. The molecular formula is C20H25F2N3O5. The van der Waals surface area contributed by atoms with Gasteiger partial charge in [0.25, 0.3) is 0 Å². The highest BCUT2D eigenvalue weighted by molar-refractivity contribution is 5.89. The van der Waals surface area contributed by atoms with Gasteiger partial charge in [-0.05, 0) is 47.6 Å². The maximum absolute atomic E-state index is 14.4. The van der Waals surface area contributed by atoms with E-state index >= 15 is 0 Å². The number of benzene rings is 1. The first kappa shape index (κ1) is 21.8. The summed E-state index contributed by atoms with van der Waals surface area (Å²) in [5.74, 6) is -1.98. The average molecular weight is 425 g/mol. The fourth-order valence-corrected chi connectivity index (χ4v) is 2.78. The van der Waals surface area contributed by atoms with Crippen molar-refractivity contribution >= 4 is 23.1 Å². The molecule has 0 atom stereocenters. The third-order valence-corrected chi connectivity index (χ3v) is 4.05. The van der Waals surface area contributed by atoms with Crippen molar-refractivity contribution in [3.05, 3.63) is 23.9 Å². The summed E-state index contributed by atoms with van der Waals surface area (Å²) in [7, 11) is 0. The van der Waals surface area contributed by atoms with E-state index in [-0.39, 0.29) is 29.7 Å². The molecule has 1 amide bonds. The van der Waals surface area contributed by atoms with Gasteiger partial charge in [-0.3, -0.25) is 0 Å². The Balaban J connectivity index is 1.76. The molecule has 0 N–H and O–H groups in total. The lowest BCUT2D eigenvalue weighted by Crippen LogP contribution is -2.57. The molecule has 1 aliphatic heterocycles. The Morgan fingerprint density at radius 2 is 1.57 bits per heavy atom. The van der Waals surface area contributed by atoms with Crippen molar-refractivity contribution in [3.63, 3.8) is 0 Å². The number of ether oxygens (including phenoxy) is 3. The minimum Gasteiger partial charge on any atom is -0.484 e. The molecule has 0 unspecified atom stereocenters. The SMILES string of the molecule is CC(C)(C)OC(=O)N1CC(Oc2cc3c(cc2F)c(F)nn3C(=O)OC(C)(C)C)C1. The molecule has 1 aliphatic rings. The van der Waals surface area contributed by atoms with Gasteiger partial charge in [0.15, 0.2) is 11.6 Å². The van der Waals surface area contributed by atoms with Crippen LogP contribution in [0.1, 0.15) is 41.5 Å². The molecule has 164 valence electrons. The predicted molar refractivity (Wildman–Crippen MR) is 104 cm³/mol. The van der Waals surface area contributed by atoms with Gasteiger partial charge in [-0.2, -0.15) is 9.07 Å². The molecule has 1 saturated heterocycles. The van der Waals surface area contributed by atoms with Crippen LogP contribution in [0.4, 0.5) is 18.4 Å². The van der Waals surface area contributed by atoms with Gasteiger partial charge in [-0.1, -0.05) is 0 Å². The summed E-state index contributed by atoms with van der Waals surface area (Å²) in [6, 6.07) is 2.11. The van der Waals surface area contributed by atoms with Crippen LogP contribution in [0.15, 0.2) is 12.1 Å². The Bertz CT molecular complexity index is 985. The smallest absolute Gasteiger partial charge is 0.435 e. The molecular weight excluding hydrogens is 400 g/mol. The predicted octanol–water partition coefficient (Wildman–Crippen LogP) is 4.10. The largest absolute Gasteiger partial charge is 0.484 e. The maximum atomic E-state index is 14.4. The minimum absolute atomic E-state index is 0.0153. The van der Waals surface area contributed by atoms with Crippen LogP contribution in [0.2, 0.25) is 0 Å². The Morgan fingerprint density at radius 3 is 2.13 bits per heavy atom. The lowest BCUT2D eigenvalue weighted by atomic mass is 10.1. The zero-order chi connectivity index (χ0) is 22.4. The molecule has 0 aliphatic carbocycles. The molecule has 30 heavy (non-hydrogen) atoms. The van der Waals surface area contributed by atoms with E-state index in [2.05, 4.69) is 5.10 Å². The zero-order valence-corrected chi connectivity index (χ0v) is 17.8. The van der Waals surface area contributed by atoms with Crippen molar-refractivity contribution in [2.75, 3.05) is 13.1 Å². The number of rotatable bonds is 2. The summed E-state index contributed by atoms with van der Waals surface area (Å²) in [4.78, 5) is 25.7. The van der Waals surface area contributed by atoms with Gasteiger partial charge in [0, 0.05) is 6.07 Å². The summed E-state index contributed by atoms with van der Waals surface area (Å²) in [5, 5.41) is 3.35. The summed E-state index contributed by atoms with van der Waals surface area (Å²) in [6.07, 6.45) is -1.84. The van der Waals surface area contributed by atoms with E-state index in [1.807, 2.05) is 0 Å². The van der Waals surface area contributed by atoms with E-state index in [1.54, 1.807) is 41.5 Å². The quantitative estimate of drug-likeness (QED) is 0.721. The number of carbonyl (C=O) groups is 2. The van der Waals surface area contributed by atoms with Crippen LogP contribution in [0.25, 0.3) is 10.9 Å². The number of hydrogen-bond donors (Lipinski definition) is 0. The van der Waals surface area contributed by atoms with Gasteiger partial charge < -0.3 is 19.1 Å². The standard InChI is InChI=1S/C20H25F2N3O5/c1-19(2,3)29-17(26)24-9-11(10-24)28-15-8-14-12(7-13(15)21)16(22)23-25(14)18(27)30-20(4,5)6/h7-8,11H,9-10H2,1-6H3. The molecule has 2 heterocycles. The van der Waals surface area contributed by atoms with Crippen molar-refractivity contribution < 1.29 is 32.6 Å². The fraction of sp³-hybridized carbons (Fsp3) is 0.550. The van der Waals surface area contributed by atoms with Crippen LogP contribution >= 0.6 is 0 Å². The summed E-state index contributed by atoms with van der Waals surface area (Å²) in [6.45, 7) is 10.7. The lowest BCUT2D eigenvalue weighted by molar-refractivity contribution is -0.0229. The third kappa shape index (κ3) is 4.80. The monoisotopic (exact) mass is 425 g/mol. The molecule has 0 bridgehead atoms. The number of aromatic nitrogens is 2. The van der Waals surface area contributed by atoms with Gasteiger partial charge in [0.05, 0.1) is 24.0 Å². The lowest BCUT2D eigenvalue weighted by Gasteiger charge is -2.39. The van der Waals surface area contributed by atoms with Gasteiger partial charge in [-0.15, -0.1) is 5.10 Å².